The Labute approximate surface area is 101 Å². The molecule has 1 aliphatic carbocycles. The normalized spacial score (nSPS) is 28.0. The monoisotopic (exact) mass is 238 g/mol. The van der Waals surface area contributed by atoms with Crippen LogP contribution in [0.1, 0.15) is 32.6 Å². The summed E-state index contributed by atoms with van der Waals surface area (Å²) in [6, 6.07) is 2.25. The standard InChI is InChI=1S/C12H18N2OS/c1-2-10-8-14(6-7-16-10)11(15)12(9-13)4-3-5-12/h10H,2-8H2,1H3. The molecule has 0 aromatic carbocycles. The lowest BCUT2D eigenvalue weighted by molar-refractivity contribution is -0.142. The molecular formula is C12H18N2OS. The van der Waals surface area contributed by atoms with Crippen molar-refractivity contribution in [2.45, 2.75) is 37.9 Å². The summed E-state index contributed by atoms with van der Waals surface area (Å²) >= 11 is 1.95. The number of hydrogen-bond acceptors (Lipinski definition) is 3. The maximum absolute atomic E-state index is 12.3. The molecule has 3 nitrogen and oxygen atoms in total. The zero-order valence-electron chi connectivity index (χ0n) is 9.74. The van der Waals surface area contributed by atoms with E-state index in [1.807, 2.05) is 16.7 Å². The van der Waals surface area contributed by atoms with Gasteiger partial charge >= 0.3 is 0 Å². The van der Waals surface area contributed by atoms with E-state index in [-0.39, 0.29) is 5.91 Å². The maximum atomic E-state index is 12.3. The summed E-state index contributed by atoms with van der Waals surface area (Å²) in [6.45, 7) is 3.82. The number of amides is 1. The molecule has 2 rings (SSSR count). The first-order valence-electron chi connectivity index (χ1n) is 6.04. The molecule has 0 aromatic rings. The smallest absolute Gasteiger partial charge is 0.243 e. The quantitative estimate of drug-likeness (QED) is 0.739. The molecule has 0 bridgehead atoms. The predicted molar refractivity (Wildman–Crippen MR) is 65.0 cm³/mol. The van der Waals surface area contributed by atoms with Crippen LogP contribution >= 0.6 is 11.8 Å². The zero-order chi connectivity index (χ0) is 11.6. The van der Waals surface area contributed by atoms with Crippen LogP contribution in [-0.4, -0.2) is 34.9 Å². The number of nitriles is 1. The van der Waals surface area contributed by atoms with Gasteiger partial charge in [-0.25, -0.2) is 0 Å². The van der Waals surface area contributed by atoms with Crippen molar-refractivity contribution in [3.8, 4) is 6.07 Å². The number of carbonyl (C=O) groups is 1. The summed E-state index contributed by atoms with van der Waals surface area (Å²) in [6.07, 6.45) is 3.67. The van der Waals surface area contributed by atoms with E-state index in [1.54, 1.807) is 0 Å². The van der Waals surface area contributed by atoms with Crippen molar-refractivity contribution in [2.75, 3.05) is 18.8 Å². The van der Waals surface area contributed by atoms with E-state index in [0.717, 1.165) is 44.5 Å². The second-order valence-electron chi connectivity index (χ2n) is 4.70. The van der Waals surface area contributed by atoms with E-state index < -0.39 is 5.41 Å². The van der Waals surface area contributed by atoms with Crippen LogP contribution in [0.2, 0.25) is 0 Å². The molecule has 1 saturated carbocycles. The average molecular weight is 238 g/mol. The highest BCUT2D eigenvalue weighted by atomic mass is 32.2. The summed E-state index contributed by atoms with van der Waals surface area (Å²) < 4.78 is 0. The minimum Gasteiger partial charge on any atom is -0.339 e. The van der Waals surface area contributed by atoms with E-state index in [0.29, 0.717) is 5.25 Å². The van der Waals surface area contributed by atoms with Gasteiger partial charge in [-0.1, -0.05) is 6.92 Å². The maximum Gasteiger partial charge on any atom is 0.243 e. The fourth-order valence-electron chi connectivity index (χ4n) is 2.36. The molecule has 2 fully saturated rings. The molecule has 16 heavy (non-hydrogen) atoms. The van der Waals surface area contributed by atoms with Crippen LogP contribution in [-0.2, 0) is 4.79 Å². The van der Waals surface area contributed by atoms with Gasteiger partial charge in [0.25, 0.3) is 0 Å². The summed E-state index contributed by atoms with van der Waals surface area (Å²) in [5, 5.41) is 9.72. The second kappa shape index (κ2) is 4.67. The lowest BCUT2D eigenvalue weighted by Gasteiger charge is -2.41. The van der Waals surface area contributed by atoms with Crippen LogP contribution in [0.4, 0.5) is 0 Å². The van der Waals surface area contributed by atoms with E-state index in [1.165, 1.54) is 0 Å². The Bertz CT molecular complexity index is 319. The van der Waals surface area contributed by atoms with Crippen molar-refractivity contribution in [1.29, 1.82) is 5.26 Å². The third kappa shape index (κ3) is 1.93. The first-order chi connectivity index (χ1) is 7.72. The predicted octanol–water partition coefficient (Wildman–Crippen LogP) is 2.03. The van der Waals surface area contributed by atoms with E-state index in [2.05, 4.69) is 13.0 Å². The van der Waals surface area contributed by atoms with Gasteiger partial charge in [-0.15, -0.1) is 0 Å². The van der Waals surface area contributed by atoms with Crippen molar-refractivity contribution in [1.82, 2.24) is 4.90 Å². The van der Waals surface area contributed by atoms with Crippen LogP contribution in [0.3, 0.4) is 0 Å². The highest BCUT2D eigenvalue weighted by Gasteiger charge is 2.47. The molecule has 1 atom stereocenters. The van der Waals surface area contributed by atoms with E-state index in [4.69, 9.17) is 5.26 Å². The van der Waals surface area contributed by atoms with Crippen molar-refractivity contribution in [3.05, 3.63) is 0 Å². The van der Waals surface area contributed by atoms with Crippen molar-refractivity contribution in [2.24, 2.45) is 5.41 Å². The average Bonchev–Trinajstić information content (AvgIpc) is 2.28. The molecular weight excluding hydrogens is 220 g/mol. The molecule has 4 heteroatoms. The van der Waals surface area contributed by atoms with E-state index >= 15 is 0 Å². The molecule has 1 amide bonds. The van der Waals surface area contributed by atoms with Gasteiger partial charge in [0.1, 0.15) is 5.41 Å². The number of thioether (sulfide) groups is 1. The fourth-order valence-corrected chi connectivity index (χ4v) is 3.54. The molecule has 1 saturated heterocycles. The van der Waals surface area contributed by atoms with Gasteiger partial charge in [0.2, 0.25) is 5.91 Å². The Kier molecular flexibility index (Phi) is 3.44. The third-order valence-corrected chi connectivity index (χ3v) is 5.08. The number of rotatable bonds is 2. The van der Waals surface area contributed by atoms with Gasteiger partial charge in [-0.2, -0.15) is 17.0 Å². The SMILES string of the molecule is CCC1CN(C(=O)C2(C#N)CCC2)CCS1. The molecule has 0 spiro atoms. The Balaban J connectivity index is 2.02. The van der Waals surface area contributed by atoms with Crippen molar-refractivity contribution in [3.63, 3.8) is 0 Å². The molecule has 0 aromatic heterocycles. The van der Waals surface area contributed by atoms with Gasteiger partial charge in [0.05, 0.1) is 6.07 Å². The lowest BCUT2D eigenvalue weighted by atomic mass is 9.69. The molecule has 1 heterocycles. The zero-order valence-corrected chi connectivity index (χ0v) is 10.6. The van der Waals surface area contributed by atoms with Crippen LogP contribution in [0.5, 0.6) is 0 Å². The summed E-state index contributed by atoms with van der Waals surface area (Å²) in [7, 11) is 0. The Morgan fingerprint density at radius 1 is 1.62 bits per heavy atom. The van der Waals surface area contributed by atoms with Gasteiger partial charge in [0.15, 0.2) is 0 Å². The molecule has 88 valence electrons. The molecule has 2 aliphatic rings. The van der Waals surface area contributed by atoms with Gasteiger partial charge < -0.3 is 4.90 Å². The van der Waals surface area contributed by atoms with Gasteiger partial charge in [-0.3, -0.25) is 4.79 Å². The highest BCUT2D eigenvalue weighted by molar-refractivity contribution is 8.00. The largest absolute Gasteiger partial charge is 0.339 e. The summed E-state index contributed by atoms with van der Waals surface area (Å²) in [4.78, 5) is 14.2. The first-order valence-corrected chi connectivity index (χ1v) is 7.09. The topological polar surface area (TPSA) is 44.1 Å². The number of carbonyl (C=O) groups excluding carboxylic acids is 1. The fraction of sp³-hybridized carbons (Fsp3) is 0.833. The Hall–Kier alpha value is -0.690. The number of hydrogen-bond donors (Lipinski definition) is 0. The molecule has 0 N–H and O–H groups in total. The van der Waals surface area contributed by atoms with Crippen LogP contribution in [0, 0.1) is 16.7 Å². The van der Waals surface area contributed by atoms with Crippen LogP contribution < -0.4 is 0 Å². The van der Waals surface area contributed by atoms with Crippen molar-refractivity contribution >= 4 is 17.7 Å². The van der Waals surface area contributed by atoms with Gasteiger partial charge in [0, 0.05) is 24.1 Å². The van der Waals surface area contributed by atoms with Crippen LogP contribution in [0.25, 0.3) is 0 Å². The number of nitrogens with zero attached hydrogens (tertiary/aromatic N) is 2. The molecule has 1 aliphatic heterocycles. The lowest BCUT2D eigenvalue weighted by Crippen LogP contribution is -2.51. The van der Waals surface area contributed by atoms with Crippen molar-refractivity contribution < 1.29 is 4.79 Å². The third-order valence-electron chi connectivity index (χ3n) is 3.71. The Morgan fingerprint density at radius 2 is 2.38 bits per heavy atom. The second-order valence-corrected chi connectivity index (χ2v) is 6.11. The van der Waals surface area contributed by atoms with E-state index in [9.17, 15) is 4.79 Å². The molecule has 1 unspecified atom stereocenters. The summed E-state index contributed by atoms with van der Waals surface area (Å²) in [5.41, 5.74) is -0.652. The van der Waals surface area contributed by atoms with Gasteiger partial charge in [-0.05, 0) is 25.7 Å². The Morgan fingerprint density at radius 3 is 2.88 bits per heavy atom. The minimum absolute atomic E-state index is 0.0972. The molecule has 0 radical (unpaired) electrons. The first kappa shape index (κ1) is 11.8. The highest BCUT2D eigenvalue weighted by Crippen LogP contribution is 2.42. The van der Waals surface area contributed by atoms with Crippen LogP contribution in [0.15, 0.2) is 0 Å². The minimum atomic E-state index is -0.652. The summed E-state index contributed by atoms with van der Waals surface area (Å²) in [5.74, 6) is 1.12.